The lowest BCUT2D eigenvalue weighted by molar-refractivity contribution is 0.622. The Labute approximate surface area is 73.8 Å². The molecule has 68 valence electrons. The third-order valence-electron chi connectivity index (χ3n) is 2.26. The van der Waals surface area contributed by atoms with E-state index < -0.39 is 0 Å². The fourth-order valence-corrected chi connectivity index (χ4v) is 1.35. The summed E-state index contributed by atoms with van der Waals surface area (Å²) in [5.74, 6) is 1.12. The van der Waals surface area contributed by atoms with Crippen molar-refractivity contribution in [2.45, 2.75) is 33.2 Å². The molecule has 0 aliphatic rings. The van der Waals surface area contributed by atoms with Crippen LogP contribution in [0.15, 0.2) is 12.3 Å². The Morgan fingerprint density at radius 3 is 2.75 bits per heavy atom. The predicted molar refractivity (Wildman–Crippen MR) is 51.4 cm³/mol. The van der Waals surface area contributed by atoms with Crippen LogP contribution < -0.4 is 4.90 Å². The molecule has 1 heterocycles. The van der Waals surface area contributed by atoms with Crippen LogP contribution in [0.4, 0.5) is 5.82 Å². The molecule has 0 aromatic carbocycles. The van der Waals surface area contributed by atoms with E-state index in [0.717, 1.165) is 18.8 Å². The standard InChI is InChI=1S/C9H17N3/c1-4-8(3)12(5-2)9-6-7-10-11-9/h6-8H,4-5H2,1-3H3,(H,10,11). The zero-order chi connectivity index (χ0) is 8.97. The van der Waals surface area contributed by atoms with Gasteiger partial charge in [-0.25, -0.2) is 0 Å². The number of aromatic nitrogens is 2. The van der Waals surface area contributed by atoms with Gasteiger partial charge in [-0.3, -0.25) is 5.10 Å². The number of aromatic amines is 1. The largest absolute Gasteiger partial charge is 0.355 e. The summed E-state index contributed by atoms with van der Waals surface area (Å²) in [7, 11) is 0. The summed E-state index contributed by atoms with van der Waals surface area (Å²) in [6.45, 7) is 7.61. The maximum atomic E-state index is 3.94. The first-order valence-electron chi connectivity index (χ1n) is 4.55. The molecule has 0 fully saturated rings. The smallest absolute Gasteiger partial charge is 0.124 e. The van der Waals surface area contributed by atoms with E-state index in [1.807, 2.05) is 6.07 Å². The summed E-state index contributed by atoms with van der Waals surface area (Å²) < 4.78 is 0. The summed E-state index contributed by atoms with van der Waals surface area (Å²) in [5.41, 5.74) is 0. The van der Waals surface area contributed by atoms with Crippen LogP contribution in [-0.2, 0) is 0 Å². The lowest BCUT2D eigenvalue weighted by Crippen LogP contribution is -2.32. The summed E-state index contributed by atoms with van der Waals surface area (Å²) in [6.07, 6.45) is 2.95. The molecular weight excluding hydrogens is 150 g/mol. The molecule has 12 heavy (non-hydrogen) atoms. The number of hydrogen-bond donors (Lipinski definition) is 1. The Bertz CT molecular complexity index is 206. The lowest BCUT2D eigenvalue weighted by atomic mass is 10.2. The second-order valence-corrected chi connectivity index (χ2v) is 2.99. The Morgan fingerprint density at radius 1 is 1.58 bits per heavy atom. The summed E-state index contributed by atoms with van der Waals surface area (Å²) in [4.78, 5) is 2.31. The van der Waals surface area contributed by atoms with Crippen LogP contribution in [0.25, 0.3) is 0 Å². The van der Waals surface area contributed by atoms with E-state index in [0.29, 0.717) is 6.04 Å². The SMILES string of the molecule is CCC(C)N(CC)c1ccn[nH]1. The van der Waals surface area contributed by atoms with Crippen molar-refractivity contribution in [2.75, 3.05) is 11.4 Å². The van der Waals surface area contributed by atoms with Crippen molar-refractivity contribution in [3.63, 3.8) is 0 Å². The minimum Gasteiger partial charge on any atom is -0.355 e. The first kappa shape index (κ1) is 9.10. The van der Waals surface area contributed by atoms with E-state index in [1.54, 1.807) is 6.20 Å². The van der Waals surface area contributed by atoms with E-state index in [9.17, 15) is 0 Å². The van der Waals surface area contributed by atoms with Crippen LogP contribution in [0, 0.1) is 0 Å². The zero-order valence-electron chi connectivity index (χ0n) is 8.04. The van der Waals surface area contributed by atoms with E-state index in [-0.39, 0.29) is 0 Å². The van der Waals surface area contributed by atoms with Crippen molar-refractivity contribution in [3.05, 3.63) is 12.3 Å². The maximum absolute atomic E-state index is 3.94. The minimum atomic E-state index is 0.579. The van der Waals surface area contributed by atoms with Crippen molar-refractivity contribution >= 4 is 5.82 Å². The Hall–Kier alpha value is -0.990. The Balaban J connectivity index is 2.69. The summed E-state index contributed by atoms with van der Waals surface area (Å²) in [6, 6.07) is 2.59. The second kappa shape index (κ2) is 4.14. The number of hydrogen-bond acceptors (Lipinski definition) is 2. The average Bonchev–Trinajstić information content (AvgIpc) is 2.58. The molecule has 1 atom stereocenters. The topological polar surface area (TPSA) is 31.9 Å². The molecule has 0 bridgehead atoms. The first-order chi connectivity index (χ1) is 5.79. The molecule has 1 aromatic rings. The number of nitrogens with one attached hydrogen (secondary N) is 1. The van der Waals surface area contributed by atoms with Crippen molar-refractivity contribution in [2.24, 2.45) is 0 Å². The predicted octanol–water partition coefficient (Wildman–Crippen LogP) is 2.03. The quantitative estimate of drug-likeness (QED) is 0.744. The van der Waals surface area contributed by atoms with Gasteiger partial charge in [0.15, 0.2) is 0 Å². The van der Waals surface area contributed by atoms with Gasteiger partial charge in [-0.05, 0) is 20.3 Å². The highest BCUT2D eigenvalue weighted by atomic mass is 15.3. The van der Waals surface area contributed by atoms with Gasteiger partial charge in [-0.1, -0.05) is 6.92 Å². The number of H-pyrrole nitrogens is 1. The average molecular weight is 167 g/mol. The van der Waals surface area contributed by atoms with Gasteiger partial charge >= 0.3 is 0 Å². The van der Waals surface area contributed by atoms with Crippen LogP contribution in [0.1, 0.15) is 27.2 Å². The first-order valence-corrected chi connectivity index (χ1v) is 4.55. The second-order valence-electron chi connectivity index (χ2n) is 2.99. The third-order valence-corrected chi connectivity index (χ3v) is 2.26. The monoisotopic (exact) mass is 167 g/mol. The van der Waals surface area contributed by atoms with Crippen LogP contribution in [0.2, 0.25) is 0 Å². The lowest BCUT2D eigenvalue weighted by Gasteiger charge is -2.27. The highest BCUT2D eigenvalue weighted by molar-refractivity contribution is 5.37. The molecular formula is C9H17N3. The van der Waals surface area contributed by atoms with Gasteiger partial charge in [-0.15, -0.1) is 0 Å². The van der Waals surface area contributed by atoms with E-state index in [4.69, 9.17) is 0 Å². The summed E-state index contributed by atoms with van der Waals surface area (Å²) in [5, 5.41) is 6.92. The maximum Gasteiger partial charge on any atom is 0.124 e. The van der Waals surface area contributed by atoms with E-state index in [1.165, 1.54) is 0 Å². The number of nitrogens with zero attached hydrogens (tertiary/aromatic N) is 2. The van der Waals surface area contributed by atoms with Gasteiger partial charge in [0.25, 0.3) is 0 Å². The molecule has 1 rings (SSSR count). The fourth-order valence-electron chi connectivity index (χ4n) is 1.35. The van der Waals surface area contributed by atoms with Crippen molar-refractivity contribution < 1.29 is 0 Å². The minimum absolute atomic E-state index is 0.579. The number of anilines is 1. The van der Waals surface area contributed by atoms with Crippen LogP contribution >= 0.6 is 0 Å². The van der Waals surface area contributed by atoms with E-state index in [2.05, 4.69) is 35.9 Å². The Kier molecular flexibility index (Phi) is 3.14. The molecule has 1 aromatic heterocycles. The van der Waals surface area contributed by atoms with Gasteiger partial charge in [0, 0.05) is 18.7 Å². The van der Waals surface area contributed by atoms with Gasteiger partial charge < -0.3 is 4.90 Å². The molecule has 0 aliphatic heterocycles. The Morgan fingerprint density at radius 2 is 2.33 bits per heavy atom. The highest BCUT2D eigenvalue weighted by Crippen LogP contribution is 2.13. The normalized spacial score (nSPS) is 12.9. The summed E-state index contributed by atoms with van der Waals surface area (Å²) >= 11 is 0. The van der Waals surface area contributed by atoms with Gasteiger partial charge in [0.1, 0.15) is 5.82 Å². The number of rotatable bonds is 4. The molecule has 3 nitrogen and oxygen atoms in total. The fraction of sp³-hybridized carbons (Fsp3) is 0.667. The highest BCUT2D eigenvalue weighted by Gasteiger charge is 2.10. The van der Waals surface area contributed by atoms with Gasteiger partial charge in [0.2, 0.25) is 0 Å². The molecule has 1 N–H and O–H groups in total. The van der Waals surface area contributed by atoms with Crippen LogP contribution in [-0.4, -0.2) is 22.8 Å². The van der Waals surface area contributed by atoms with E-state index >= 15 is 0 Å². The molecule has 0 amide bonds. The molecule has 0 spiro atoms. The zero-order valence-corrected chi connectivity index (χ0v) is 8.04. The van der Waals surface area contributed by atoms with Crippen molar-refractivity contribution in [1.82, 2.24) is 10.2 Å². The van der Waals surface area contributed by atoms with Crippen LogP contribution in [0.5, 0.6) is 0 Å². The van der Waals surface area contributed by atoms with Crippen molar-refractivity contribution in [3.8, 4) is 0 Å². The van der Waals surface area contributed by atoms with Gasteiger partial charge in [0.05, 0.1) is 6.20 Å². The van der Waals surface area contributed by atoms with Crippen molar-refractivity contribution in [1.29, 1.82) is 0 Å². The third kappa shape index (κ3) is 1.78. The molecule has 0 saturated heterocycles. The molecule has 0 aliphatic carbocycles. The van der Waals surface area contributed by atoms with Crippen LogP contribution in [0.3, 0.4) is 0 Å². The molecule has 3 heteroatoms. The molecule has 0 saturated carbocycles. The molecule has 0 radical (unpaired) electrons. The van der Waals surface area contributed by atoms with Gasteiger partial charge in [-0.2, -0.15) is 5.10 Å². The molecule has 1 unspecified atom stereocenters.